The van der Waals surface area contributed by atoms with Gasteiger partial charge in [-0.3, -0.25) is 29.0 Å². The first-order chi connectivity index (χ1) is 11.7. The molecular formula is C17H19N2O5P. The van der Waals surface area contributed by atoms with Gasteiger partial charge < -0.3 is 4.57 Å². The first-order valence-corrected chi connectivity index (χ1v) is 10.8. The number of imide groups is 2. The molecule has 0 radical (unpaired) electrons. The van der Waals surface area contributed by atoms with E-state index in [2.05, 4.69) is 0 Å². The molecule has 7 nitrogen and oxygen atoms in total. The maximum atomic E-state index is 12.8. The van der Waals surface area contributed by atoms with Crippen molar-refractivity contribution >= 4 is 30.8 Å². The van der Waals surface area contributed by atoms with E-state index >= 15 is 0 Å². The summed E-state index contributed by atoms with van der Waals surface area (Å²) in [4.78, 5) is 52.0. The second-order valence-electron chi connectivity index (χ2n) is 6.76. The van der Waals surface area contributed by atoms with E-state index < -0.39 is 30.9 Å². The van der Waals surface area contributed by atoms with E-state index in [1.807, 2.05) is 0 Å². The highest BCUT2D eigenvalue weighted by Gasteiger charge is 2.46. The molecule has 0 aromatic heterocycles. The highest BCUT2D eigenvalue weighted by molar-refractivity contribution is 7.62. The molecule has 0 saturated carbocycles. The van der Waals surface area contributed by atoms with Crippen LogP contribution in [0.2, 0.25) is 0 Å². The van der Waals surface area contributed by atoms with Gasteiger partial charge in [0.25, 0.3) is 17.7 Å². The lowest BCUT2D eigenvalue weighted by atomic mass is 10.0. The van der Waals surface area contributed by atoms with Crippen molar-refractivity contribution in [2.45, 2.75) is 18.9 Å². The average Bonchev–Trinajstić information content (AvgIpc) is 2.79. The molecule has 1 aromatic carbocycles. The number of rotatable bonds is 4. The fourth-order valence-electron chi connectivity index (χ4n) is 3.13. The Morgan fingerprint density at radius 1 is 1.04 bits per heavy atom. The van der Waals surface area contributed by atoms with Gasteiger partial charge in [-0.25, -0.2) is 0 Å². The predicted molar refractivity (Wildman–Crippen MR) is 91.0 cm³/mol. The Labute approximate surface area is 145 Å². The minimum atomic E-state index is -2.40. The molecule has 4 amide bonds. The Balaban J connectivity index is 1.85. The summed E-state index contributed by atoms with van der Waals surface area (Å²) in [5, 5.41) is 0. The van der Waals surface area contributed by atoms with E-state index in [-0.39, 0.29) is 42.6 Å². The molecule has 2 aliphatic heterocycles. The molecule has 1 saturated heterocycles. The summed E-state index contributed by atoms with van der Waals surface area (Å²) in [5.74, 6) is -1.94. The number of amides is 4. The van der Waals surface area contributed by atoms with E-state index in [4.69, 9.17) is 0 Å². The largest absolute Gasteiger partial charge is 0.324 e. The smallest absolute Gasteiger partial charge is 0.262 e. The van der Waals surface area contributed by atoms with Crippen molar-refractivity contribution in [3.8, 4) is 0 Å². The molecule has 0 spiro atoms. The zero-order valence-corrected chi connectivity index (χ0v) is 15.0. The Bertz CT molecular complexity index is 793. The van der Waals surface area contributed by atoms with Crippen LogP contribution in [0.15, 0.2) is 24.3 Å². The zero-order chi connectivity index (χ0) is 18.4. The molecule has 1 aromatic rings. The summed E-state index contributed by atoms with van der Waals surface area (Å²) < 4.78 is 11.9. The van der Waals surface area contributed by atoms with Gasteiger partial charge in [0.15, 0.2) is 0 Å². The second kappa shape index (κ2) is 6.23. The van der Waals surface area contributed by atoms with E-state index in [0.717, 1.165) is 9.80 Å². The fourth-order valence-corrected chi connectivity index (χ4v) is 3.81. The maximum absolute atomic E-state index is 12.8. The van der Waals surface area contributed by atoms with Gasteiger partial charge in [0, 0.05) is 19.1 Å². The highest BCUT2D eigenvalue weighted by Crippen LogP contribution is 2.36. The van der Waals surface area contributed by atoms with Crippen LogP contribution in [0.1, 0.15) is 33.6 Å². The van der Waals surface area contributed by atoms with E-state index in [9.17, 15) is 23.7 Å². The number of hydrogen-bond donors (Lipinski definition) is 0. The number of fused-ring (bicyclic) bond motifs is 1. The molecule has 25 heavy (non-hydrogen) atoms. The number of carbonyl (C=O) groups is 4. The Morgan fingerprint density at radius 3 is 2.12 bits per heavy atom. The number of likely N-dealkylation sites (tertiary alicyclic amines) is 1. The minimum Gasteiger partial charge on any atom is -0.324 e. The third-order valence-electron chi connectivity index (χ3n) is 4.48. The van der Waals surface area contributed by atoms with Crippen LogP contribution in [0, 0.1) is 0 Å². The quantitative estimate of drug-likeness (QED) is 0.597. The monoisotopic (exact) mass is 362 g/mol. The second-order valence-corrected chi connectivity index (χ2v) is 10.4. The summed E-state index contributed by atoms with van der Waals surface area (Å²) in [6.45, 7) is 3.22. The van der Waals surface area contributed by atoms with Crippen molar-refractivity contribution in [3.63, 3.8) is 0 Å². The van der Waals surface area contributed by atoms with Crippen LogP contribution < -0.4 is 0 Å². The molecule has 2 aliphatic rings. The van der Waals surface area contributed by atoms with Gasteiger partial charge in [-0.1, -0.05) is 12.1 Å². The zero-order valence-electron chi connectivity index (χ0n) is 14.1. The Hall–Kier alpha value is -2.27. The van der Waals surface area contributed by atoms with Crippen LogP contribution >= 0.6 is 7.14 Å². The number of piperidine rings is 1. The molecule has 0 bridgehead atoms. The molecular weight excluding hydrogens is 343 g/mol. The van der Waals surface area contributed by atoms with Crippen LogP contribution in [0.3, 0.4) is 0 Å². The summed E-state index contributed by atoms with van der Waals surface area (Å²) >= 11 is 0. The fraction of sp³-hybridized carbons (Fsp3) is 0.412. The topological polar surface area (TPSA) is 91.8 Å². The predicted octanol–water partition coefficient (Wildman–Crippen LogP) is 1.42. The van der Waals surface area contributed by atoms with Crippen molar-refractivity contribution in [1.82, 2.24) is 9.80 Å². The number of carbonyl (C=O) groups excluding carboxylic acids is 4. The van der Waals surface area contributed by atoms with Crippen LogP contribution in [0.4, 0.5) is 0 Å². The normalized spacial score (nSPS) is 21.1. The van der Waals surface area contributed by atoms with Gasteiger partial charge in [0.05, 0.1) is 18.3 Å². The molecule has 1 atom stereocenters. The number of benzene rings is 1. The Morgan fingerprint density at radius 2 is 1.60 bits per heavy atom. The van der Waals surface area contributed by atoms with E-state index in [1.165, 1.54) is 0 Å². The lowest BCUT2D eigenvalue weighted by molar-refractivity contribution is -0.151. The first kappa shape index (κ1) is 17.5. The highest BCUT2D eigenvalue weighted by atomic mass is 31.2. The van der Waals surface area contributed by atoms with Crippen LogP contribution in [-0.2, 0) is 14.2 Å². The van der Waals surface area contributed by atoms with Gasteiger partial charge in [0.1, 0.15) is 6.04 Å². The Kier molecular flexibility index (Phi) is 4.37. The first-order valence-electron chi connectivity index (χ1n) is 8.06. The van der Waals surface area contributed by atoms with Crippen LogP contribution in [0.5, 0.6) is 0 Å². The van der Waals surface area contributed by atoms with Crippen LogP contribution in [-0.4, -0.2) is 65.5 Å². The molecule has 3 rings (SSSR count). The molecule has 1 unspecified atom stereocenters. The third-order valence-corrected chi connectivity index (χ3v) is 5.76. The van der Waals surface area contributed by atoms with Gasteiger partial charge in [-0.15, -0.1) is 0 Å². The lowest BCUT2D eigenvalue weighted by Crippen LogP contribution is -2.56. The lowest BCUT2D eigenvalue weighted by Gasteiger charge is -2.34. The third kappa shape index (κ3) is 3.16. The van der Waals surface area contributed by atoms with Gasteiger partial charge >= 0.3 is 0 Å². The van der Waals surface area contributed by atoms with E-state index in [1.54, 1.807) is 37.6 Å². The molecule has 8 heteroatoms. The van der Waals surface area contributed by atoms with Crippen LogP contribution in [0.25, 0.3) is 0 Å². The molecule has 0 aliphatic carbocycles. The van der Waals surface area contributed by atoms with E-state index in [0.29, 0.717) is 0 Å². The molecule has 0 N–H and O–H groups in total. The van der Waals surface area contributed by atoms with Crippen molar-refractivity contribution in [2.24, 2.45) is 0 Å². The SMILES string of the molecule is CP(C)(=O)CCN1C(=O)CCC(N2C(=O)c3ccccc3C2=O)C1=O. The summed E-state index contributed by atoms with van der Waals surface area (Å²) in [6, 6.07) is 5.43. The van der Waals surface area contributed by atoms with Crippen molar-refractivity contribution < 1.29 is 23.7 Å². The summed E-state index contributed by atoms with van der Waals surface area (Å²) in [6.07, 6.45) is 0.413. The number of nitrogens with zero attached hydrogens (tertiary/aromatic N) is 2. The average molecular weight is 362 g/mol. The minimum absolute atomic E-state index is 0.0433. The van der Waals surface area contributed by atoms with Gasteiger partial charge in [-0.2, -0.15) is 0 Å². The van der Waals surface area contributed by atoms with Gasteiger partial charge in [-0.05, 0) is 31.9 Å². The maximum Gasteiger partial charge on any atom is 0.262 e. The van der Waals surface area contributed by atoms with Crippen molar-refractivity contribution in [3.05, 3.63) is 35.4 Å². The standard InChI is InChI=1S/C17H19N2O5P/c1-25(2,24)10-9-18-14(20)8-7-13(17(18)23)19-15(21)11-5-3-4-6-12(11)16(19)22/h3-6,13H,7-10H2,1-2H3. The molecule has 132 valence electrons. The van der Waals surface area contributed by atoms with Crippen molar-refractivity contribution in [1.29, 1.82) is 0 Å². The van der Waals surface area contributed by atoms with Gasteiger partial charge in [0.2, 0.25) is 5.91 Å². The molecule has 2 heterocycles. The summed E-state index contributed by atoms with van der Waals surface area (Å²) in [5.41, 5.74) is 0.547. The van der Waals surface area contributed by atoms with Crippen molar-refractivity contribution in [2.75, 3.05) is 26.0 Å². The molecule has 1 fully saturated rings. The number of hydrogen-bond acceptors (Lipinski definition) is 5. The summed E-state index contributed by atoms with van der Waals surface area (Å²) in [7, 11) is -2.40.